The van der Waals surface area contributed by atoms with Gasteiger partial charge in [-0.1, -0.05) is 140 Å². The van der Waals surface area contributed by atoms with Crippen LogP contribution in [0.15, 0.2) is 182 Å². The van der Waals surface area contributed by atoms with Crippen LogP contribution in [0.1, 0.15) is 0 Å². The topological polar surface area (TPSA) is 9.86 Å². The van der Waals surface area contributed by atoms with Gasteiger partial charge in [-0.3, -0.25) is 0 Å². The highest BCUT2D eigenvalue weighted by atomic mass is 15.0. The van der Waals surface area contributed by atoms with E-state index in [2.05, 4.69) is 191 Å². The molecule has 2 aromatic heterocycles. The minimum atomic E-state index is 1.16. The van der Waals surface area contributed by atoms with E-state index in [-0.39, 0.29) is 0 Å². The fourth-order valence-electron chi connectivity index (χ4n) is 8.54. The van der Waals surface area contributed by atoms with E-state index in [9.17, 15) is 0 Å². The third-order valence-corrected chi connectivity index (χ3v) is 10.7. The molecule has 0 saturated carbocycles. The highest BCUT2D eigenvalue weighted by Gasteiger charge is 2.21. The van der Waals surface area contributed by atoms with Gasteiger partial charge in [-0.25, -0.2) is 0 Å². The van der Waals surface area contributed by atoms with Crippen molar-refractivity contribution in [2.45, 2.75) is 0 Å². The summed E-state index contributed by atoms with van der Waals surface area (Å²) in [6.07, 6.45) is 0. The summed E-state index contributed by atoms with van der Waals surface area (Å²) in [5.74, 6) is 0. The molecule has 50 heavy (non-hydrogen) atoms. The van der Waals surface area contributed by atoms with E-state index < -0.39 is 0 Å². The Morgan fingerprint density at radius 3 is 1.50 bits per heavy atom. The first-order valence-electron chi connectivity index (χ1n) is 17.3. The smallest absolute Gasteiger partial charge is 0.0641 e. The molecule has 2 heterocycles. The van der Waals surface area contributed by atoms with Crippen LogP contribution in [0.4, 0.5) is 0 Å². The molecular weight excluding hydrogens is 605 g/mol. The van der Waals surface area contributed by atoms with Crippen LogP contribution in [-0.4, -0.2) is 9.13 Å². The molecule has 11 rings (SSSR count). The van der Waals surface area contributed by atoms with Crippen LogP contribution in [0.5, 0.6) is 0 Å². The van der Waals surface area contributed by atoms with Gasteiger partial charge in [-0.05, 0) is 85.9 Å². The fraction of sp³-hybridized carbons (Fsp3) is 0. The van der Waals surface area contributed by atoms with Gasteiger partial charge in [-0.2, -0.15) is 0 Å². The summed E-state index contributed by atoms with van der Waals surface area (Å²) in [5, 5.41) is 12.8. The lowest BCUT2D eigenvalue weighted by atomic mass is 9.94. The van der Waals surface area contributed by atoms with Crippen molar-refractivity contribution in [1.82, 2.24) is 9.13 Å². The van der Waals surface area contributed by atoms with Gasteiger partial charge in [-0.15, -0.1) is 0 Å². The average Bonchev–Trinajstić information content (AvgIpc) is 3.71. The van der Waals surface area contributed by atoms with Crippen molar-refractivity contribution in [3.8, 4) is 22.5 Å². The molecule has 0 atom stereocenters. The minimum absolute atomic E-state index is 1.16. The van der Waals surface area contributed by atoms with E-state index >= 15 is 0 Å². The van der Waals surface area contributed by atoms with E-state index in [1.807, 2.05) is 0 Å². The second-order valence-corrected chi connectivity index (χ2v) is 13.3. The maximum Gasteiger partial charge on any atom is 0.0641 e. The Labute approximate surface area is 288 Å². The van der Waals surface area contributed by atoms with E-state index in [4.69, 9.17) is 0 Å². The largest absolute Gasteiger partial charge is 0.309 e. The minimum Gasteiger partial charge on any atom is -0.309 e. The Bertz CT molecular complexity index is 3110. The predicted octanol–water partition coefficient (Wildman–Crippen LogP) is 13.0. The second-order valence-electron chi connectivity index (χ2n) is 13.3. The standard InChI is InChI=1S/C48H30N2/c1-2-13-31(14-3-1)32-15-12-16-33(29-32)50-44-23-10-8-21-40(44)41-27-28-46-47(48(41)50)42-22-9-11-24-45(42)49(46)34-25-26-39-37-19-5-4-17-35(37)36-18-6-7-20-38(36)43(39)30-34/h1-30H. The zero-order valence-electron chi connectivity index (χ0n) is 27.2. The van der Waals surface area contributed by atoms with Gasteiger partial charge >= 0.3 is 0 Å². The molecule has 2 heteroatoms. The molecule has 0 N–H and O–H groups in total. The number of para-hydroxylation sites is 2. The molecule has 0 aliphatic carbocycles. The van der Waals surface area contributed by atoms with Gasteiger partial charge in [0.25, 0.3) is 0 Å². The number of rotatable bonds is 3. The number of benzene rings is 9. The fourth-order valence-corrected chi connectivity index (χ4v) is 8.54. The van der Waals surface area contributed by atoms with Crippen LogP contribution in [0, 0.1) is 0 Å². The van der Waals surface area contributed by atoms with Crippen molar-refractivity contribution in [2.75, 3.05) is 0 Å². The average molecular weight is 635 g/mol. The molecule has 0 unspecified atom stereocenters. The first kappa shape index (κ1) is 27.3. The monoisotopic (exact) mass is 634 g/mol. The van der Waals surface area contributed by atoms with Crippen LogP contribution >= 0.6 is 0 Å². The van der Waals surface area contributed by atoms with Gasteiger partial charge in [0, 0.05) is 32.9 Å². The summed E-state index contributed by atoms with van der Waals surface area (Å²) in [4.78, 5) is 0. The van der Waals surface area contributed by atoms with Gasteiger partial charge in [0.15, 0.2) is 0 Å². The van der Waals surface area contributed by atoms with Crippen molar-refractivity contribution in [1.29, 1.82) is 0 Å². The van der Waals surface area contributed by atoms with Crippen LogP contribution in [0.25, 0.3) is 98.4 Å². The number of aromatic nitrogens is 2. The maximum absolute atomic E-state index is 2.48. The third kappa shape index (κ3) is 3.79. The lowest BCUT2D eigenvalue weighted by molar-refractivity contribution is 1.18. The van der Waals surface area contributed by atoms with E-state index in [1.165, 1.54) is 87.1 Å². The van der Waals surface area contributed by atoms with Crippen molar-refractivity contribution < 1.29 is 0 Å². The van der Waals surface area contributed by atoms with Crippen LogP contribution in [0.2, 0.25) is 0 Å². The quantitative estimate of drug-likeness (QED) is 0.171. The number of fused-ring (bicyclic) bond motifs is 13. The zero-order chi connectivity index (χ0) is 32.8. The number of hydrogen-bond donors (Lipinski definition) is 0. The molecule has 2 nitrogen and oxygen atoms in total. The Morgan fingerprint density at radius 1 is 0.260 bits per heavy atom. The molecule has 9 aromatic carbocycles. The van der Waals surface area contributed by atoms with Crippen molar-refractivity contribution in [3.63, 3.8) is 0 Å². The molecular formula is C48H30N2. The van der Waals surface area contributed by atoms with E-state index in [0.717, 1.165) is 11.4 Å². The van der Waals surface area contributed by atoms with Crippen LogP contribution in [0.3, 0.4) is 0 Å². The predicted molar refractivity (Wildman–Crippen MR) is 213 cm³/mol. The summed E-state index contributed by atoms with van der Waals surface area (Å²) in [6.45, 7) is 0. The SMILES string of the molecule is c1ccc(-c2cccc(-n3c4ccccc4c4ccc5c(c6ccccc6n5-c5ccc6c7ccccc7c7ccccc7c6c5)c43)c2)cc1. The highest BCUT2D eigenvalue weighted by Crippen LogP contribution is 2.43. The number of nitrogens with zero attached hydrogens (tertiary/aromatic N) is 2. The Kier molecular flexibility index (Phi) is 5.70. The van der Waals surface area contributed by atoms with E-state index in [1.54, 1.807) is 0 Å². The van der Waals surface area contributed by atoms with Crippen molar-refractivity contribution >= 4 is 75.9 Å². The van der Waals surface area contributed by atoms with Crippen molar-refractivity contribution in [3.05, 3.63) is 182 Å². The summed E-state index contributed by atoms with van der Waals surface area (Å²) >= 11 is 0. The van der Waals surface area contributed by atoms with Crippen molar-refractivity contribution in [2.24, 2.45) is 0 Å². The lowest BCUT2D eigenvalue weighted by Crippen LogP contribution is -1.96. The van der Waals surface area contributed by atoms with Gasteiger partial charge in [0.2, 0.25) is 0 Å². The second kappa shape index (κ2) is 10.4. The molecule has 0 saturated heterocycles. The Balaban J connectivity index is 1.26. The zero-order valence-corrected chi connectivity index (χ0v) is 27.2. The van der Waals surface area contributed by atoms with Gasteiger partial charge in [0.1, 0.15) is 0 Å². The molecule has 11 aromatic rings. The van der Waals surface area contributed by atoms with E-state index in [0.29, 0.717) is 0 Å². The molecule has 0 aliphatic heterocycles. The summed E-state index contributed by atoms with van der Waals surface area (Å²) in [7, 11) is 0. The molecule has 0 aliphatic rings. The third-order valence-electron chi connectivity index (χ3n) is 10.7. The van der Waals surface area contributed by atoms with Gasteiger partial charge < -0.3 is 9.13 Å². The normalized spacial score (nSPS) is 12.0. The highest BCUT2D eigenvalue weighted by molar-refractivity contribution is 6.27. The lowest BCUT2D eigenvalue weighted by Gasteiger charge is -2.14. The molecule has 0 spiro atoms. The van der Waals surface area contributed by atoms with Gasteiger partial charge in [0.05, 0.1) is 22.1 Å². The summed E-state index contributed by atoms with van der Waals surface area (Å²) in [5.41, 5.74) is 9.60. The summed E-state index contributed by atoms with van der Waals surface area (Å²) in [6, 6.07) is 66.7. The molecule has 232 valence electrons. The summed E-state index contributed by atoms with van der Waals surface area (Å²) < 4.78 is 4.95. The molecule has 0 radical (unpaired) electrons. The number of hydrogen-bond acceptors (Lipinski definition) is 0. The van der Waals surface area contributed by atoms with Crippen LogP contribution < -0.4 is 0 Å². The first-order chi connectivity index (χ1) is 24.8. The molecule has 0 bridgehead atoms. The molecule has 0 fully saturated rings. The van der Waals surface area contributed by atoms with Crippen LogP contribution in [-0.2, 0) is 0 Å². The molecule has 0 amide bonds. The Hall–Kier alpha value is -6.64. The maximum atomic E-state index is 2.48. The first-order valence-corrected chi connectivity index (χ1v) is 17.3. The Morgan fingerprint density at radius 2 is 0.780 bits per heavy atom.